The number of thiophene rings is 1. The minimum absolute atomic E-state index is 0.0378. The van der Waals surface area contributed by atoms with E-state index < -0.39 is 5.91 Å². The molecule has 0 aliphatic heterocycles. The van der Waals surface area contributed by atoms with Crippen LogP contribution in [0.4, 0.5) is 0 Å². The minimum atomic E-state index is -0.396. The number of hydrogen-bond acceptors (Lipinski definition) is 4. The Morgan fingerprint density at radius 3 is 2.46 bits per heavy atom. The van der Waals surface area contributed by atoms with E-state index in [-0.39, 0.29) is 23.1 Å². The SMILES string of the molecule is C/C(=N\NC(=O)c1cc(C(C)C)cc(C(C)C)c1O)c1cccs1. The Morgan fingerprint density at radius 1 is 1.21 bits per heavy atom. The molecule has 0 bridgehead atoms. The summed E-state index contributed by atoms with van der Waals surface area (Å²) in [4.78, 5) is 13.5. The van der Waals surface area contributed by atoms with E-state index in [2.05, 4.69) is 24.4 Å². The first-order valence-electron chi connectivity index (χ1n) is 8.06. The molecule has 1 aromatic carbocycles. The van der Waals surface area contributed by atoms with E-state index in [4.69, 9.17) is 0 Å². The third kappa shape index (κ3) is 4.03. The number of aromatic hydroxyl groups is 1. The van der Waals surface area contributed by atoms with Crippen molar-refractivity contribution in [2.45, 2.75) is 46.5 Å². The van der Waals surface area contributed by atoms with E-state index in [1.807, 2.05) is 44.4 Å². The number of amides is 1. The smallest absolute Gasteiger partial charge is 0.275 e. The van der Waals surface area contributed by atoms with Gasteiger partial charge in [-0.2, -0.15) is 5.10 Å². The normalized spacial score (nSPS) is 12.0. The maximum absolute atomic E-state index is 12.5. The fourth-order valence-electron chi connectivity index (χ4n) is 2.36. The molecule has 2 aromatic rings. The highest BCUT2D eigenvalue weighted by molar-refractivity contribution is 7.12. The summed E-state index contributed by atoms with van der Waals surface area (Å²) >= 11 is 1.56. The molecule has 5 heteroatoms. The molecule has 1 aromatic heterocycles. The van der Waals surface area contributed by atoms with Crippen molar-refractivity contribution in [2.24, 2.45) is 5.10 Å². The second kappa shape index (κ2) is 7.62. The number of benzene rings is 1. The number of nitrogens with zero attached hydrogens (tertiary/aromatic N) is 1. The van der Waals surface area contributed by atoms with Crippen molar-refractivity contribution >= 4 is 23.0 Å². The van der Waals surface area contributed by atoms with Crippen LogP contribution in [-0.2, 0) is 0 Å². The standard InChI is InChI=1S/C19H24N2O2S/c1-11(2)14-9-15(12(3)4)18(22)16(10-14)19(23)21-20-13(5)17-7-6-8-24-17/h6-12,22H,1-5H3,(H,21,23)/b20-13+. The monoisotopic (exact) mass is 344 g/mol. The first-order valence-corrected chi connectivity index (χ1v) is 8.94. The van der Waals surface area contributed by atoms with Crippen LogP contribution in [0.2, 0.25) is 0 Å². The number of hydrazone groups is 1. The van der Waals surface area contributed by atoms with Gasteiger partial charge < -0.3 is 5.11 Å². The summed E-state index contributed by atoms with van der Waals surface area (Å²) in [7, 11) is 0. The predicted octanol–water partition coefficient (Wildman–Crippen LogP) is 4.85. The van der Waals surface area contributed by atoms with Crippen LogP contribution in [0.1, 0.15) is 72.8 Å². The third-order valence-corrected chi connectivity index (χ3v) is 4.88. The molecule has 24 heavy (non-hydrogen) atoms. The summed E-state index contributed by atoms with van der Waals surface area (Å²) < 4.78 is 0. The number of hydrogen-bond donors (Lipinski definition) is 2. The van der Waals surface area contributed by atoms with Gasteiger partial charge in [-0.25, -0.2) is 5.43 Å². The van der Waals surface area contributed by atoms with E-state index in [0.29, 0.717) is 0 Å². The van der Waals surface area contributed by atoms with Crippen molar-refractivity contribution in [1.82, 2.24) is 5.43 Å². The molecule has 0 radical (unpaired) electrons. The largest absolute Gasteiger partial charge is 0.507 e. The van der Waals surface area contributed by atoms with Crippen molar-refractivity contribution in [3.05, 3.63) is 51.2 Å². The number of carbonyl (C=O) groups is 1. The third-order valence-electron chi connectivity index (χ3n) is 3.90. The molecule has 1 heterocycles. The summed E-state index contributed by atoms with van der Waals surface area (Å²) in [6, 6.07) is 7.61. The Balaban J connectivity index is 2.33. The van der Waals surface area contributed by atoms with Gasteiger partial charge in [0.05, 0.1) is 11.3 Å². The maximum Gasteiger partial charge on any atom is 0.275 e. The average molecular weight is 344 g/mol. The van der Waals surface area contributed by atoms with Crippen LogP contribution in [0.5, 0.6) is 5.75 Å². The van der Waals surface area contributed by atoms with Crippen LogP contribution in [0.15, 0.2) is 34.7 Å². The zero-order chi connectivity index (χ0) is 17.9. The number of phenols is 1. The number of rotatable bonds is 5. The fraction of sp³-hybridized carbons (Fsp3) is 0.368. The Labute approximate surface area is 147 Å². The molecule has 0 saturated heterocycles. The summed E-state index contributed by atoms with van der Waals surface area (Å²) in [5.41, 5.74) is 5.38. The van der Waals surface area contributed by atoms with Crippen LogP contribution >= 0.6 is 11.3 Å². The molecule has 128 valence electrons. The molecule has 2 N–H and O–H groups in total. The quantitative estimate of drug-likeness (QED) is 0.601. The Kier molecular flexibility index (Phi) is 5.78. The van der Waals surface area contributed by atoms with Gasteiger partial charge in [0.1, 0.15) is 5.75 Å². The molecule has 4 nitrogen and oxygen atoms in total. The van der Waals surface area contributed by atoms with Crippen molar-refractivity contribution in [1.29, 1.82) is 0 Å². The van der Waals surface area contributed by atoms with E-state index >= 15 is 0 Å². The van der Waals surface area contributed by atoms with Gasteiger partial charge in [0.25, 0.3) is 5.91 Å². The second-order valence-electron chi connectivity index (χ2n) is 6.43. The molecule has 0 atom stereocenters. The maximum atomic E-state index is 12.5. The Hall–Kier alpha value is -2.14. The summed E-state index contributed by atoms with van der Waals surface area (Å²) in [5, 5.41) is 16.6. The minimum Gasteiger partial charge on any atom is -0.507 e. The number of carbonyl (C=O) groups excluding carboxylic acids is 1. The molecular formula is C19H24N2O2S. The zero-order valence-corrected chi connectivity index (χ0v) is 15.6. The van der Waals surface area contributed by atoms with Gasteiger partial charge in [-0.05, 0) is 47.4 Å². The van der Waals surface area contributed by atoms with Gasteiger partial charge in [-0.3, -0.25) is 4.79 Å². The van der Waals surface area contributed by atoms with Gasteiger partial charge in [0.15, 0.2) is 0 Å². The lowest BCUT2D eigenvalue weighted by molar-refractivity contribution is 0.0952. The highest BCUT2D eigenvalue weighted by Gasteiger charge is 2.19. The predicted molar refractivity (Wildman–Crippen MR) is 100 cm³/mol. The van der Waals surface area contributed by atoms with Crippen molar-refractivity contribution in [2.75, 3.05) is 0 Å². The van der Waals surface area contributed by atoms with Gasteiger partial charge in [-0.15, -0.1) is 11.3 Å². The fourth-order valence-corrected chi connectivity index (χ4v) is 3.04. The first kappa shape index (κ1) is 18.2. The molecule has 2 rings (SSSR count). The van der Waals surface area contributed by atoms with Crippen LogP contribution < -0.4 is 5.43 Å². The highest BCUT2D eigenvalue weighted by atomic mass is 32.1. The topological polar surface area (TPSA) is 61.7 Å². The first-order chi connectivity index (χ1) is 11.3. The van der Waals surface area contributed by atoms with Gasteiger partial charge >= 0.3 is 0 Å². The van der Waals surface area contributed by atoms with Crippen molar-refractivity contribution in [3.8, 4) is 5.75 Å². The molecule has 0 saturated carbocycles. The van der Waals surface area contributed by atoms with Crippen LogP contribution in [-0.4, -0.2) is 16.7 Å². The zero-order valence-electron chi connectivity index (χ0n) is 14.8. The van der Waals surface area contributed by atoms with Gasteiger partial charge in [0, 0.05) is 4.88 Å². The van der Waals surface area contributed by atoms with Crippen molar-refractivity contribution < 1.29 is 9.90 Å². The average Bonchev–Trinajstić information content (AvgIpc) is 3.06. The van der Waals surface area contributed by atoms with E-state index in [1.165, 1.54) is 0 Å². The second-order valence-corrected chi connectivity index (χ2v) is 7.38. The molecule has 0 aliphatic carbocycles. The summed E-state index contributed by atoms with van der Waals surface area (Å²) in [6.07, 6.45) is 0. The lowest BCUT2D eigenvalue weighted by atomic mass is 9.92. The Morgan fingerprint density at radius 2 is 1.92 bits per heavy atom. The van der Waals surface area contributed by atoms with Crippen LogP contribution in [0.25, 0.3) is 0 Å². The Bertz CT molecular complexity index is 747. The van der Waals surface area contributed by atoms with E-state index in [0.717, 1.165) is 21.7 Å². The molecule has 0 fully saturated rings. The molecule has 0 aliphatic rings. The summed E-state index contributed by atoms with van der Waals surface area (Å²) in [5.74, 6) is 0.0429. The lowest BCUT2D eigenvalue weighted by Gasteiger charge is -2.16. The van der Waals surface area contributed by atoms with Gasteiger partial charge in [0.2, 0.25) is 0 Å². The van der Waals surface area contributed by atoms with E-state index in [9.17, 15) is 9.90 Å². The van der Waals surface area contributed by atoms with E-state index in [1.54, 1.807) is 17.4 Å². The van der Waals surface area contributed by atoms with Crippen LogP contribution in [0, 0.1) is 0 Å². The lowest BCUT2D eigenvalue weighted by Crippen LogP contribution is -2.20. The number of nitrogens with one attached hydrogen (secondary N) is 1. The highest BCUT2D eigenvalue weighted by Crippen LogP contribution is 2.33. The molecular weight excluding hydrogens is 320 g/mol. The molecule has 1 amide bonds. The van der Waals surface area contributed by atoms with Gasteiger partial charge in [-0.1, -0.05) is 39.8 Å². The van der Waals surface area contributed by atoms with Crippen molar-refractivity contribution in [3.63, 3.8) is 0 Å². The van der Waals surface area contributed by atoms with Crippen LogP contribution in [0.3, 0.4) is 0 Å². The number of phenolic OH excluding ortho intramolecular Hbond substituents is 1. The molecule has 0 spiro atoms. The summed E-state index contributed by atoms with van der Waals surface area (Å²) in [6.45, 7) is 9.98. The molecule has 0 unspecified atom stereocenters.